The van der Waals surface area contributed by atoms with Gasteiger partial charge in [-0.2, -0.15) is 0 Å². The fourth-order valence-corrected chi connectivity index (χ4v) is 4.22. The zero-order valence-corrected chi connectivity index (χ0v) is 17.2. The van der Waals surface area contributed by atoms with E-state index in [9.17, 15) is 4.79 Å². The zero-order chi connectivity index (χ0) is 16.9. The molecule has 6 heteroatoms. The number of carbonyl (C=O) groups is 1. The second-order valence-electron chi connectivity index (χ2n) is 7.52. The van der Waals surface area contributed by atoms with E-state index in [4.69, 9.17) is 5.73 Å². The number of hydrogen-bond donors (Lipinski definition) is 2. The summed E-state index contributed by atoms with van der Waals surface area (Å²) in [6, 6.07) is 11.7. The first-order valence-corrected chi connectivity index (χ1v) is 9.47. The Balaban J connectivity index is 0.00000169. The quantitative estimate of drug-likeness (QED) is 0.790. The number of piperidine rings is 1. The third-order valence-electron chi connectivity index (χ3n) is 5.89. The van der Waals surface area contributed by atoms with E-state index in [-0.39, 0.29) is 36.8 Å². The van der Waals surface area contributed by atoms with Crippen LogP contribution in [0.5, 0.6) is 0 Å². The third-order valence-corrected chi connectivity index (χ3v) is 5.89. The van der Waals surface area contributed by atoms with E-state index in [1.54, 1.807) is 0 Å². The third kappa shape index (κ3) is 6.12. The molecule has 1 saturated carbocycles. The minimum Gasteiger partial charge on any atom is -0.353 e. The van der Waals surface area contributed by atoms with E-state index in [2.05, 4.69) is 47.5 Å². The molecule has 1 aliphatic heterocycles. The van der Waals surface area contributed by atoms with Crippen molar-refractivity contribution in [1.82, 2.24) is 10.2 Å². The fraction of sp³-hybridized carbons (Fsp3) is 0.650. The number of halogens is 2. The van der Waals surface area contributed by atoms with Gasteiger partial charge in [0.1, 0.15) is 0 Å². The predicted molar refractivity (Wildman–Crippen MR) is 112 cm³/mol. The number of benzene rings is 1. The molecule has 1 unspecified atom stereocenters. The summed E-state index contributed by atoms with van der Waals surface area (Å²) < 4.78 is 0. The maximum absolute atomic E-state index is 12.3. The van der Waals surface area contributed by atoms with E-state index >= 15 is 0 Å². The summed E-state index contributed by atoms with van der Waals surface area (Å²) >= 11 is 0. The van der Waals surface area contributed by atoms with Gasteiger partial charge in [0.25, 0.3) is 0 Å². The summed E-state index contributed by atoms with van der Waals surface area (Å²) in [4.78, 5) is 14.8. The van der Waals surface area contributed by atoms with E-state index in [1.165, 1.54) is 12.0 Å². The highest BCUT2D eigenvalue weighted by Crippen LogP contribution is 2.27. The van der Waals surface area contributed by atoms with Crippen molar-refractivity contribution in [3.63, 3.8) is 0 Å². The SMILES string of the molecule is CC(c1ccccc1)N1CCC(NC(=O)C[C@@H]2CCC[C@H]2N)CC1.Cl.Cl. The molecule has 1 amide bonds. The summed E-state index contributed by atoms with van der Waals surface area (Å²) in [7, 11) is 0. The monoisotopic (exact) mass is 401 g/mol. The zero-order valence-electron chi connectivity index (χ0n) is 15.6. The second-order valence-corrected chi connectivity index (χ2v) is 7.52. The largest absolute Gasteiger partial charge is 0.353 e. The van der Waals surface area contributed by atoms with Crippen molar-refractivity contribution in [2.24, 2.45) is 11.7 Å². The molecule has 0 radical (unpaired) electrons. The maximum atomic E-state index is 12.3. The average Bonchev–Trinajstić information content (AvgIpc) is 3.00. The van der Waals surface area contributed by atoms with Crippen molar-refractivity contribution in [1.29, 1.82) is 0 Å². The highest BCUT2D eigenvalue weighted by atomic mass is 35.5. The Labute approximate surface area is 170 Å². The molecule has 4 nitrogen and oxygen atoms in total. The molecule has 0 aromatic heterocycles. The van der Waals surface area contributed by atoms with Crippen LogP contribution in [-0.4, -0.2) is 36.0 Å². The summed E-state index contributed by atoms with van der Waals surface area (Å²) in [6.45, 7) is 4.36. The smallest absolute Gasteiger partial charge is 0.220 e. The van der Waals surface area contributed by atoms with Crippen LogP contribution >= 0.6 is 24.8 Å². The molecule has 148 valence electrons. The molecule has 1 aromatic carbocycles. The Morgan fingerprint density at radius 3 is 2.38 bits per heavy atom. The average molecular weight is 402 g/mol. The number of rotatable bonds is 5. The maximum Gasteiger partial charge on any atom is 0.220 e. The number of nitrogens with two attached hydrogens (primary N) is 1. The van der Waals surface area contributed by atoms with Crippen molar-refractivity contribution in [3.05, 3.63) is 35.9 Å². The number of nitrogens with zero attached hydrogens (tertiary/aromatic N) is 1. The first-order chi connectivity index (χ1) is 11.6. The molecule has 3 rings (SSSR count). The van der Waals surface area contributed by atoms with Gasteiger partial charge in [-0.15, -0.1) is 24.8 Å². The van der Waals surface area contributed by atoms with Crippen molar-refractivity contribution in [2.45, 2.75) is 63.6 Å². The minimum atomic E-state index is 0. The molecule has 1 aromatic rings. The van der Waals surface area contributed by atoms with E-state index < -0.39 is 0 Å². The summed E-state index contributed by atoms with van der Waals surface area (Å²) in [5.41, 5.74) is 7.45. The summed E-state index contributed by atoms with van der Waals surface area (Å²) in [6.07, 6.45) is 6.06. The van der Waals surface area contributed by atoms with Gasteiger partial charge in [0, 0.05) is 37.6 Å². The van der Waals surface area contributed by atoms with Crippen LogP contribution in [0.1, 0.15) is 57.1 Å². The molecule has 3 N–H and O–H groups in total. The van der Waals surface area contributed by atoms with Crippen LogP contribution in [0, 0.1) is 5.92 Å². The molecular weight excluding hydrogens is 369 g/mol. The molecule has 26 heavy (non-hydrogen) atoms. The topological polar surface area (TPSA) is 58.4 Å². The fourth-order valence-electron chi connectivity index (χ4n) is 4.22. The van der Waals surface area contributed by atoms with E-state index in [1.807, 2.05) is 0 Å². The Morgan fingerprint density at radius 1 is 1.15 bits per heavy atom. The highest BCUT2D eigenvalue weighted by molar-refractivity contribution is 5.85. The van der Waals surface area contributed by atoms with Crippen molar-refractivity contribution in [3.8, 4) is 0 Å². The number of nitrogens with one attached hydrogen (secondary N) is 1. The number of hydrogen-bond acceptors (Lipinski definition) is 3. The van der Waals surface area contributed by atoms with Crippen LogP contribution < -0.4 is 11.1 Å². The molecule has 2 fully saturated rings. The molecule has 0 spiro atoms. The lowest BCUT2D eigenvalue weighted by Gasteiger charge is -2.36. The van der Waals surface area contributed by atoms with Crippen LogP contribution in [0.15, 0.2) is 30.3 Å². The molecule has 1 aliphatic carbocycles. The first kappa shape index (κ1) is 23.2. The molecular formula is C20H33Cl2N3O. The Bertz CT molecular complexity index is 535. The van der Waals surface area contributed by atoms with Crippen molar-refractivity contribution in [2.75, 3.05) is 13.1 Å². The van der Waals surface area contributed by atoms with Gasteiger partial charge in [0.2, 0.25) is 5.91 Å². The van der Waals surface area contributed by atoms with Gasteiger partial charge in [0.15, 0.2) is 0 Å². The number of likely N-dealkylation sites (tertiary alicyclic amines) is 1. The summed E-state index contributed by atoms with van der Waals surface area (Å²) in [5, 5.41) is 3.24. The van der Waals surface area contributed by atoms with Gasteiger partial charge in [0.05, 0.1) is 0 Å². The number of carbonyl (C=O) groups excluding carboxylic acids is 1. The van der Waals surface area contributed by atoms with Crippen LogP contribution in [-0.2, 0) is 4.79 Å². The molecule has 1 saturated heterocycles. The Hall–Kier alpha value is -0.810. The van der Waals surface area contributed by atoms with E-state index in [0.29, 0.717) is 24.4 Å². The lowest BCUT2D eigenvalue weighted by Crippen LogP contribution is -2.46. The van der Waals surface area contributed by atoms with Crippen molar-refractivity contribution < 1.29 is 4.79 Å². The van der Waals surface area contributed by atoms with Gasteiger partial charge >= 0.3 is 0 Å². The molecule has 1 heterocycles. The Morgan fingerprint density at radius 2 is 1.81 bits per heavy atom. The lowest BCUT2D eigenvalue weighted by molar-refractivity contribution is -0.123. The van der Waals surface area contributed by atoms with Gasteiger partial charge in [-0.05, 0) is 44.1 Å². The van der Waals surface area contributed by atoms with Crippen LogP contribution in [0.25, 0.3) is 0 Å². The normalized spacial score (nSPS) is 25.0. The standard InChI is InChI=1S/C20H31N3O.2ClH/c1-15(16-6-3-2-4-7-16)23-12-10-18(11-13-23)22-20(24)14-17-8-5-9-19(17)21;;/h2-4,6-7,15,17-19H,5,8-14,21H2,1H3,(H,22,24);2*1H/t15?,17-,19+;;/m0../s1. The van der Waals surface area contributed by atoms with Gasteiger partial charge in [-0.25, -0.2) is 0 Å². The minimum absolute atomic E-state index is 0. The van der Waals surface area contributed by atoms with Crippen LogP contribution in [0.2, 0.25) is 0 Å². The highest BCUT2D eigenvalue weighted by Gasteiger charge is 2.28. The van der Waals surface area contributed by atoms with Crippen LogP contribution in [0.3, 0.4) is 0 Å². The molecule has 3 atom stereocenters. The van der Waals surface area contributed by atoms with Crippen molar-refractivity contribution >= 4 is 30.7 Å². The van der Waals surface area contributed by atoms with Gasteiger partial charge in [-0.1, -0.05) is 36.8 Å². The lowest BCUT2D eigenvalue weighted by atomic mass is 9.97. The number of amides is 1. The summed E-state index contributed by atoms with van der Waals surface area (Å²) in [5.74, 6) is 0.593. The van der Waals surface area contributed by atoms with E-state index in [0.717, 1.165) is 38.8 Å². The first-order valence-electron chi connectivity index (χ1n) is 9.47. The van der Waals surface area contributed by atoms with Gasteiger partial charge < -0.3 is 11.1 Å². The second kappa shape index (κ2) is 11.1. The molecule has 2 aliphatic rings. The van der Waals surface area contributed by atoms with Crippen LogP contribution in [0.4, 0.5) is 0 Å². The Kier molecular flexibility index (Phi) is 9.94. The van der Waals surface area contributed by atoms with Gasteiger partial charge in [-0.3, -0.25) is 9.69 Å². The molecule has 0 bridgehead atoms. The predicted octanol–water partition coefficient (Wildman–Crippen LogP) is 3.69.